The predicted octanol–water partition coefficient (Wildman–Crippen LogP) is 1.67. The molecule has 0 aliphatic heterocycles. The van der Waals surface area contributed by atoms with Crippen LogP contribution in [0.1, 0.15) is 11.4 Å². The third-order valence-electron chi connectivity index (χ3n) is 3.69. The molecule has 3 aromatic rings. The highest BCUT2D eigenvalue weighted by Crippen LogP contribution is 2.16. The maximum Gasteiger partial charge on any atom is 0.258 e. The minimum Gasteiger partial charge on any atom is -0.497 e. The summed E-state index contributed by atoms with van der Waals surface area (Å²) in [5, 5.41) is 14.3. The number of amides is 1. The monoisotopic (exact) mass is 353 g/mol. The Morgan fingerprint density at radius 2 is 1.77 bits per heavy atom. The van der Waals surface area contributed by atoms with Gasteiger partial charge in [0, 0.05) is 0 Å². The second-order valence-electron chi connectivity index (χ2n) is 5.58. The summed E-state index contributed by atoms with van der Waals surface area (Å²) in [5.74, 6) is 1.58. The van der Waals surface area contributed by atoms with Gasteiger partial charge < -0.3 is 14.8 Å². The van der Waals surface area contributed by atoms with Crippen LogP contribution >= 0.6 is 0 Å². The van der Waals surface area contributed by atoms with E-state index in [1.54, 1.807) is 36.1 Å². The molecule has 1 heterocycles. The Balaban J connectivity index is 1.53. The number of carbonyl (C=O) groups is 1. The number of nitrogens with zero attached hydrogens (tertiary/aromatic N) is 4. The molecule has 3 rings (SSSR count). The second-order valence-corrected chi connectivity index (χ2v) is 5.58. The lowest BCUT2D eigenvalue weighted by molar-refractivity contribution is -0.123. The lowest BCUT2D eigenvalue weighted by Gasteiger charge is -2.08. The molecule has 0 radical (unpaired) electrons. The summed E-state index contributed by atoms with van der Waals surface area (Å²) in [4.78, 5) is 12.0. The Bertz CT molecular complexity index is 859. The van der Waals surface area contributed by atoms with E-state index in [1.165, 1.54) is 0 Å². The summed E-state index contributed by atoms with van der Waals surface area (Å²) >= 11 is 0. The summed E-state index contributed by atoms with van der Waals surface area (Å²) in [6, 6.07) is 14.8. The van der Waals surface area contributed by atoms with Crippen LogP contribution in [-0.4, -0.2) is 39.8 Å². The molecule has 0 bridgehead atoms. The van der Waals surface area contributed by atoms with Crippen molar-refractivity contribution in [1.82, 2.24) is 25.5 Å². The van der Waals surface area contributed by atoms with Crippen molar-refractivity contribution in [1.29, 1.82) is 0 Å². The van der Waals surface area contributed by atoms with Gasteiger partial charge in [0.2, 0.25) is 0 Å². The van der Waals surface area contributed by atoms with E-state index in [4.69, 9.17) is 9.47 Å². The van der Waals surface area contributed by atoms with Crippen LogP contribution < -0.4 is 14.8 Å². The van der Waals surface area contributed by atoms with Gasteiger partial charge in [0.1, 0.15) is 11.5 Å². The third kappa shape index (κ3) is 4.35. The number of hydrogen-bond acceptors (Lipinski definition) is 6. The Kier molecular flexibility index (Phi) is 5.43. The van der Waals surface area contributed by atoms with Crippen molar-refractivity contribution >= 4 is 5.91 Å². The van der Waals surface area contributed by atoms with Gasteiger partial charge >= 0.3 is 0 Å². The fourth-order valence-electron chi connectivity index (χ4n) is 2.25. The summed E-state index contributed by atoms with van der Waals surface area (Å²) in [7, 11) is 1.59. The van der Waals surface area contributed by atoms with Gasteiger partial charge in [-0.25, -0.2) is 0 Å². The largest absolute Gasteiger partial charge is 0.497 e. The number of ether oxygens (including phenoxy) is 2. The zero-order valence-corrected chi connectivity index (χ0v) is 14.5. The lowest BCUT2D eigenvalue weighted by atomic mass is 10.2. The summed E-state index contributed by atoms with van der Waals surface area (Å²) in [5.41, 5.74) is 1.98. The maximum atomic E-state index is 12.0. The average molecular weight is 353 g/mol. The van der Waals surface area contributed by atoms with Crippen LogP contribution in [0.15, 0.2) is 48.5 Å². The minimum absolute atomic E-state index is 0.0988. The van der Waals surface area contributed by atoms with Gasteiger partial charge in [0.25, 0.3) is 5.91 Å². The van der Waals surface area contributed by atoms with E-state index in [0.29, 0.717) is 11.6 Å². The first-order chi connectivity index (χ1) is 12.7. The summed E-state index contributed by atoms with van der Waals surface area (Å²) in [6.07, 6.45) is 0. The van der Waals surface area contributed by atoms with Crippen LogP contribution in [0, 0.1) is 6.92 Å². The van der Waals surface area contributed by atoms with E-state index in [-0.39, 0.29) is 19.1 Å². The number of tetrazole rings is 1. The van der Waals surface area contributed by atoms with Gasteiger partial charge in [-0.3, -0.25) is 4.79 Å². The van der Waals surface area contributed by atoms with E-state index >= 15 is 0 Å². The zero-order valence-electron chi connectivity index (χ0n) is 14.5. The van der Waals surface area contributed by atoms with Crippen LogP contribution in [0.5, 0.6) is 11.5 Å². The average Bonchev–Trinajstić information content (AvgIpc) is 3.14. The number of carbonyl (C=O) groups excluding carboxylic acids is 1. The van der Waals surface area contributed by atoms with E-state index in [0.717, 1.165) is 17.0 Å². The van der Waals surface area contributed by atoms with Crippen LogP contribution in [-0.2, 0) is 11.3 Å². The van der Waals surface area contributed by atoms with Crippen molar-refractivity contribution in [3.63, 3.8) is 0 Å². The maximum absolute atomic E-state index is 12.0. The topological polar surface area (TPSA) is 91.2 Å². The molecule has 0 saturated carbocycles. The van der Waals surface area contributed by atoms with Crippen molar-refractivity contribution in [3.05, 3.63) is 59.9 Å². The highest BCUT2D eigenvalue weighted by molar-refractivity contribution is 5.77. The number of aryl methyl sites for hydroxylation is 1. The molecule has 0 spiro atoms. The van der Waals surface area contributed by atoms with Crippen molar-refractivity contribution in [2.45, 2.75) is 13.5 Å². The van der Waals surface area contributed by atoms with Crippen LogP contribution in [0.3, 0.4) is 0 Å². The molecular weight excluding hydrogens is 334 g/mol. The van der Waals surface area contributed by atoms with E-state index in [1.807, 2.05) is 31.2 Å². The Labute approximate surface area is 150 Å². The molecule has 8 heteroatoms. The first-order valence-corrected chi connectivity index (χ1v) is 8.03. The van der Waals surface area contributed by atoms with E-state index in [2.05, 4.69) is 20.8 Å². The van der Waals surface area contributed by atoms with Crippen LogP contribution in [0.4, 0.5) is 0 Å². The molecule has 1 N–H and O–H groups in total. The summed E-state index contributed by atoms with van der Waals surface area (Å²) in [6.45, 7) is 2.11. The molecule has 1 amide bonds. The highest BCUT2D eigenvalue weighted by Gasteiger charge is 2.10. The first-order valence-electron chi connectivity index (χ1n) is 8.03. The molecule has 0 fully saturated rings. The molecule has 2 aromatic carbocycles. The third-order valence-corrected chi connectivity index (χ3v) is 3.69. The van der Waals surface area contributed by atoms with Gasteiger partial charge in [-0.2, -0.15) is 4.68 Å². The number of nitrogens with one attached hydrogen (secondary N) is 1. The normalized spacial score (nSPS) is 10.4. The molecule has 0 unspecified atom stereocenters. The molecule has 8 nitrogen and oxygen atoms in total. The SMILES string of the molecule is COc1ccc(OCC(=O)NCc2nnnn2-c2ccc(C)cc2)cc1. The standard InChI is InChI=1S/C18H19N5O3/c1-13-3-5-14(6-4-13)23-17(20-21-22-23)11-19-18(24)12-26-16-9-7-15(25-2)8-10-16/h3-10H,11-12H2,1-2H3,(H,19,24). The quantitative estimate of drug-likeness (QED) is 0.695. The van der Waals surface area contributed by atoms with Crippen LogP contribution in [0.25, 0.3) is 5.69 Å². The number of hydrogen-bond donors (Lipinski definition) is 1. The van der Waals surface area contributed by atoms with Crippen molar-refractivity contribution in [2.24, 2.45) is 0 Å². The molecule has 0 atom stereocenters. The van der Waals surface area contributed by atoms with Gasteiger partial charge in [0.05, 0.1) is 19.3 Å². The Morgan fingerprint density at radius 3 is 2.46 bits per heavy atom. The first kappa shape index (κ1) is 17.4. The number of rotatable bonds is 7. The number of benzene rings is 2. The van der Waals surface area contributed by atoms with Crippen LogP contribution in [0.2, 0.25) is 0 Å². The van der Waals surface area contributed by atoms with Gasteiger partial charge in [-0.15, -0.1) is 5.10 Å². The number of aromatic nitrogens is 4. The minimum atomic E-state index is -0.265. The molecule has 26 heavy (non-hydrogen) atoms. The highest BCUT2D eigenvalue weighted by atomic mass is 16.5. The Morgan fingerprint density at radius 1 is 1.08 bits per heavy atom. The van der Waals surface area contributed by atoms with Crippen molar-refractivity contribution in [3.8, 4) is 17.2 Å². The van der Waals surface area contributed by atoms with Gasteiger partial charge in [0.15, 0.2) is 12.4 Å². The predicted molar refractivity (Wildman–Crippen MR) is 94.2 cm³/mol. The second kappa shape index (κ2) is 8.11. The molecule has 134 valence electrons. The number of methoxy groups -OCH3 is 1. The molecule has 0 aliphatic rings. The fraction of sp³-hybridized carbons (Fsp3) is 0.222. The van der Waals surface area contributed by atoms with Gasteiger partial charge in [-0.05, 0) is 53.7 Å². The van der Waals surface area contributed by atoms with Crippen molar-refractivity contribution in [2.75, 3.05) is 13.7 Å². The Hall–Kier alpha value is -3.42. The zero-order chi connectivity index (χ0) is 18.4. The van der Waals surface area contributed by atoms with Gasteiger partial charge in [-0.1, -0.05) is 17.7 Å². The molecule has 0 saturated heterocycles. The molecular formula is C18H19N5O3. The molecule has 1 aromatic heterocycles. The molecule has 0 aliphatic carbocycles. The summed E-state index contributed by atoms with van der Waals surface area (Å²) < 4.78 is 12.1. The van der Waals surface area contributed by atoms with E-state index in [9.17, 15) is 4.79 Å². The smallest absolute Gasteiger partial charge is 0.258 e. The van der Waals surface area contributed by atoms with Crippen molar-refractivity contribution < 1.29 is 14.3 Å². The fourth-order valence-corrected chi connectivity index (χ4v) is 2.25. The van der Waals surface area contributed by atoms with E-state index < -0.39 is 0 Å². The lowest BCUT2D eigenvalue weighted by Crippen LogP contribution is -2.29.